The zero-order chi connectivity index (χ0) is 11.5. The molecule has 16 heavy (non-hydrogen) atoms. The molecule has 0 aromatic carbocycles. The highest BCUT2D eigenvalue weighted by Gasteiger charge is 2.09. The van der Waals surface area contributed by atoms with Crippen molar-refractivity contribution in [3.63, 3.8) is 0 Å². The molecule has 0 spiro atoms. The monoisotopic (exact) mass is 373 g/mol. The fraction of sp³-hybridized carbons (Fsp3) is 0.500. The summed E-state index contributed by atoms with van der Waals surface area (Å²) in [4.78, 5) is 5.34. The van der Waals surface area contributed by atoms with Gasteiger partial charge in [-0.1, -0.05) is 11.6 Å². The van der Waals surface area contributed by atoms with Crippen LogP contribution in [0.4, 0.5) is 0 Å². The van der Waals surface area contributed by atoms with Gasteiger partial charge in [0.25, 0.3) is 0 Å². The summed E-state index contributed by atoms with van der Waals surface area (Å²) in [7, 11) is 0. The number of guanidine groups is 1. The number of halogens is 2. The van der Waals surface area contributed by atoms with Gasteiger partial charge in [-0.15, -0.1) is 35.3 Å². The molecule has 0 unspecified atom stereocenters. The molecule has 1 rings (SSSR count). The first-order valence-corrected chi connectivity index (χ1v) is 5.88. The van der Waals surface area contributed by atoms with E-state index in [0.29, 0.717) is 12.5 Å². The van der Waals surface area contributed by atoms with Crippen LogP contribution in [0.1, 0.15) is 25.6 Å². The summed E-state index contributed by atoms with van der Waals surface area (Å²) in [5.74, 6) is 0.465. The van der Waals surface area contributed by atoms with Crippen molar-refractivity contribution in [2.45, 2.75) is 32.9 Å². The number of hydrogen-bond acceptors (Lipinski definition) is 2. The van der Waals surface area contributed by atoms with Crippen LogP contribution in [0.5, 0.6) is 0 Å². The second kappa shape index (κ2) is 6.66. The van der Waals surface area contributed by atoms with Crippen molar-refractivity contribution >= 4 is 52.9 Å². The molecule has 0 atom stereocenters. The predicted octanol–water partition coefficient (Wildman–Crippen LogP) is 3.22. The lowest BCUT2D eigenvalue weighted by atomic mass is 10.1. The molecule has 0 aliphatic rings. The van der Waals surface area contributed by atoms with Crippen LogP contribution in [0.2, 0.25) is 4.34 Å². The topological polar surface area (TPSA) is 50.4 Å². The molecule has 92 valence electrons. The van der Waals surface area contributed by atoms with Gasteiger partial charge in [-0.25, -0.2) is 4.99 Å². The molecule has 0 aliphatic carbocycles. The van der Waals surface area contributed by atoms with Crippen molar-refractivity contribution in [2.24, 2.45) is 10.7 Å². The molecule has 0 aliphatic heterocycles. The van der Waals surface area contributed by atoms with E-state index in [1.54, 1.807) is 0 Å². The summed E-state index contributed by atoms with van der Waals surface area (Å²) in [6, 6.07) is 3.82. The lowest BCUT2D eigenvalue weighted by molar-refractivity contribution is 0.508. The van der Waals surface area contributed by atoms with Crippen molar-refractivity contribution in [3.05, 3.63) is 21.3 Å². The largest absolute Gasteiger partial charge is 0.370 e. The number of aliphatic imine (C=N–C) groups is 1. The molecule has 0 fully saturated rings. The van der Waals surface area contributed by atoms with Crippen molar-refractivity contribution < 1.29 is 0 Å². The Hall–Kier alpha value is -0.0100. The summed E-state index contributed by atoms with van der Waals surface area (Å²) in [5.41, 5.74) is 5.67. The second-order valence-corrected chi connectivity index (χ2v) is 6.08. The van der Waals surface area contributed by atoms with Gasteiger partial charge in [0, 0.05) is 10.4 Å². The van der Waals surface area contributed by atoms with E-state index in [2.05, 4.69) is 10.3 Å². The van der Waals surface area contributed by atoms with Crippen molar-refractivity contribution in [1.29, 1.82) is 0 Å². The number of hydrogen-bond donors (Lipinski definition) is 2. The molecule has 0 saturated heterocycles. The standard InChI is InChI=1S/C10H16ClN3S.HI/c1-10(2,3)14-9(12)13-6-7-4-5-8(11)15-7;/h4-5H,6H2,1-3H3,(H3,12,13,14);1H. The van der Waals surface area contributed by atoms with Gasteiger partial charge in [0.05, 0.1) is 10.9 Å². The Kier molecular flexibility index (Phi) is 6.65. The molecule has 6 heteroatoms. The number of nitrogens with two attached hydrogens (primary N) is 1. The zero-order valence-corrected chi connectivity index (χ0v) is 13.5. The predicted molar refractivity (Wildman–Crippen MR) is 83.0 cm³/mol. The van der Waals surface area contributed by atoms with Crippen LogP contribution in [0.25, 0.3) is 0 Å². The Morgan fingerprint density at radius 2 is 2.12 bits per heavy atom. The lowest BCUT2D eigenvalue weighted by Gasteiger charge is -2.20. The van der Waals surface area contributed by atoms with Gasteiger partial charge >= 0.3 is 0 Å². The van der Waals surface area contributed by atoms with E-state index < -0.39 is 0 Å². The van der Waals surface area contributed by atoms with Gasteiger partial charge in [-0.2, -0.15) is 0 Å². The molecule has 1 aromatic heterocycles. The van der Waals surface area contributed by atoms with Crippen LogP contribution in [0.3, 0.4) is 0 Å². The molecular formula is C10H17ClIN3S. The van der Waals surface area contributed by atoms with Gasteiger partial charge in [-0.05, 0) is 32.9 Å². The zero-order valence-electron chi connectivity index (χ0n) is 9.58. The molecule has 0 bridgehead atoms. The number of thiophene rings is 1. The highest BCUT2D eigenvalue weighted by atomic mass is 127. The normalized spacial score (nSPS) is 12.1. The molecule has 0 saturated carbocycles. The maximum absolute atomic E-state index is 5.81. The molecule has 1 heterocycles. The van der Waals surface area contributed by atoms with Crippen molar-refractivity contribution in [3.8, 4) is 0 Å². The van der Waals surface area contributed by atoms with Gasteiger partial charge in [0.15, 0.2) is 5.96 Å². The fourth-order valence-electron chi connectivity index (χ4n) is 1.02. The number of nitrogens with one attached hydrogen (secondary N) is 1. The van der Waals surface area contributed by atoms with E-state index in [9.17, 15) is 0 Å². The van der Waals surface area contributed by atoms with E-state index in [4.69, 9.17) is 17.3 Å². The van der Waals surface area contributed by atoms with Crippen LogP contribution in [-0.4, -0.2) is 11.5 Å². The summed E-state index contributed by atoms with van der Waals surface area (Å²) in [5, 5.41) is 3.10. The van der Waals surface area contributed by atoms with E-state index in [1.807, 2.05) is 32.9 Å². The van der Waals surface area contributed by atoms with E-state index in [0.717, 1.165) is 9.21 Å². The van der Waals surface area contributed by atoms with Crippen LogP contribution < -0.4 is 11.1 Å². The third kappa shape index (κ3) is 6.55. The Labute approximate surface area is 122 Å². The lowest BCUT2D eigenvalue weighted by Crippen LogP contribution is -2.44. The van der Waals surface area contributed by atoms with Gasteiger partial charge in [-0.3, -0.25) is 0 Å². The van der Waals surface area contributed by atoms with Gasteiger partial charge in [0.2, 0.25) is 0 Å². The highest BCUT2D eigenvalue weighted by Crippen LogP contribution is 2.21. The molecule has 3 N–H and O–H groups in total. The average molecular weight is 374 g/mol. The van der Waals surface area contributed by atoms with Crippen LogP contribution >= 0.6 is 46.9 Å². The molecule has 0 radical (unpaired) electrons. The van der Waals surface area contributed by atoms with Gasteiger partial charge < -0.3 is 11.1 Å². The quantitative estimate of drug-likeness (QED) is 0.475. The maximum Gasteiger partial charge on any atom is 0.189 e. The Bertz CT molecular complexity index is 357. The Morgan fingerprint density at radius 1 is 1.50 bits per heavy atom. The smallest absolute Gasteiger partial charge is 0.189 e. The molecular weight excluding hydrogens is 357 g/mol. The van der Waals surface area contributed by atoms with Gasteiger partial charge in [0.1, 0.15) is 0 Å². The third-order valence-electron chi connectivity index (χ3n) is 1.54. The minimum absolute atomic E-state index is 0. The van der Waals surface area contributed by atoms with E-state index in [-0.39, 0.29) is 29.5 Å². The average Bonchev–Trinajstić information content (AvgIpc) is 2.45. The molecule has 1 aromatic rings. The van der Waals surface area contributed by atoms with Crippen molar-refractivity contribution in [1.82, 2.24) is 5.32 Å². The summed E-state index contributed by atoms with van der Waals surface area (Å²) in [6.45, 7) is 6.69. The van der Waals surface area contributed by atoms with Crippen LogP contribution in [0.15, 0.2) is 17.1 Å². The SMILES string of the molecule is CC(C)(C)NC(N)=NCc1ccc(Cl)s1.I. The van der Waals surface area contributed by atoms with Crippen LogP contribution in [0, 0.1) is 0 Å². The number of rotatable bonds is 2. The summed E-state index contributed by atoms with van der Waals surface area (Å²) in [6.07, 6.45) is 0. The Morgan fingerprint density at radius 3 is 2.56 bits per heavy atom. The first-order chi connectivity index (χ1) is 6.87. The molecule has 0 amide bonds. The minimum Gasteiger partial charge on any atom is -0.370 e. The number of nitrogens with zero attached hydrogens (tertiary/aromatic N) is 1. The van der Waals surface area contributed by atoms with E-state index >= 15 is 0 Å². The summed E-state index contributed by atoms with van der Waals surface area (Å²) < 4.78 is 0.780. The minimum atomic E-state index is -0.0549. The molecule has 3 nitrogen and oxygen atoms in total. The first kappa shape index (κ1) is 16.0. The Balaban J connectivity index is 0.00000225. The maximum atomic E-state index is 5.81. The summed E-state index contributed by atoms with van der Waals surface area (Å²) >= 11 is 7.33. The van der Waals surface area contributed by atoms with Crippen molar-refractivity contribution in [2.75, 3.05) is 0 Å². The van der Waals surface area contributed by atoms with Crippen LogP contribution in [-0.2, 0) is 6.54 Å². The second-order valence-electron chi connectivity index (χ2n) is 4.28. The first-order valence-electron chi connectivity index (χ1n) is 4.69. The fourth-order valence-corrected chi connectivity index (χ4v) is 2.04. The third-order valence-corrected chi connectivity index (χ3v) is 2.75. The van der Waals surface area contributed by atoms with E-state index in [1.165, 1.54) is 11.3 Å². The highest BCUT2D eigenvalue weighted by molar-refractivity contribution is 14.0.